The molecule has 0 spiro atoms. The molecular weight excluding hydrogens is 286 g/mol. The quantitative estimate of drug-likeness (QED) is 0.757. The molecule has 1 heterocycles. The summed E-state index contributed by atoms with van der Waals surface area (Å²) in [5.74, 6) is 1.04. The van der Waals surface area contributed by atoms with Gasteiger partial charge in [-0.15, -0.1) is 0 Å². The van der Waals surface area contributed by atoms with Crippen LogP contribution in [0.15, 0.2) is 24.3 Å². The number of para-hydroxylation sites is 1. The van der Waals surface area contributed by atoms with Crippen LogP contribution < -0.4 is 10.1 Å². The molecule has 4 nitrogen and oxygen atoms in total. The molecule has 2 rings (SSSR count). The van der Waals surface area contributed by atoms with Crippen molar-refractivity contribution in [3.05, 3.63) is 29.8 Å². The molecule has 1 atom stereocenters. The number of nitrogens with one attached hydrogen (secondary N) is 1. The van der Waals surface area contributed by atoms with Crippen LogP contribution >= 0.6 is 0 Å². The first kappa shape index (κ1) is 18.2. The summed E-state index contributed by atoms with van der Waals surface area (Å²) in [4.78, 5) is 5.08. The third-order valence-electron chi connectivity index (χ3n) is 4.62. The highest BCUT2D eigenvalue weighted by molar-refractivity contribution is 5.36. The summed E-state index contributed by atoms with van der Waals surface area (Å²) < 4.78 is 5.90. The number of unbranched alkanes of at least 4 members (excludes halogenated alkanes) is 1. The lowest BCUT2D eigenvalue weighted by Crippen LogP contribution is -2.47. The Hall–Kier alpha value is -1.10. The molecule has 0 saturated carbocycles. The van der Waals surface area contributed by atoms with Crippen LogP contribution in [0.5, 0.6) is 5.75 Å². The van der Waals surface area contributed by atoms with E-state index in [2.05, 4.69) is 60.3 Å². The Bertz CT molecular complexity index is 446. The van der Waals surface area contributed by atoms with Gasteiger partial charge in [0.1, 0.15) is 5.75 Å². The summed E-state index contributed by atoms with van der Waals surface area (Å²) in [5.41, 5.74) is 1.33. The van der Waals surface area contributed by atoms with Crippen molar-refractivity contribution < 1.29 is 4.74 Å². The van der Waals surface area contributed by atoms with Gasteiger partial charge < -0.3 is 10.1 Å². The van der Waals surface area contributed by atoms with Crippen molar-refractivity contribution >= 4 is 0 Å². The molecule has 4 heteroatoms. The number of nitrogens with zero attached hydrogens (tertiary/aromatic N) is 2. The Morgan fingerprint density at radius 2 is 1.96 bits per heavy atom. The SMILES string of the molecule is CCCCN(C)C(CN1CCNCC1)c1ccccc1OCC. The number of rotatable bonds is 9. The van der Waals surface area contributed by atoms with Gasteiger partial charge in [-0.2, -0.15) is 0 Å². The van der Waals surface area contributed by atoms with E-state index in [1.807, 2.05) is 0 Å². The van der Waals surface area contributed by atoms with Gasteiger partial charge in [-0.3, -0.25) is 9.80 Å². The second kappa shape index (κ2) is 9.91. The largest absolute Gasteiger partial charge is 0.494 e. The van der Waals surface area contributed by atoms with Crippen LogP contribution in [0.25, 0.3) is 0 Å². The third kappa shape index (κ3) is 5.48. The highest BCUT2D eigenvalue weighted by atomic mass is 16.5. The zero-order valence-corrected chi connectivity index (χ0v) is 15.1. The highest BCUT2D eigenvalue weighted by Crippen LogP contribution is 2.30. The maximum absolute atomic E-state index is 5.90. The van der Waals surface area contributed by atoms with E-state index in [0.29, 0.717) is 6.04 Å². The van der Waals surface area contributed by atoms with Gasteiger partial charge in [0.15, 0.2) is 0 Å². The van der Waals surface area contributed by atoms with E-state index < -0.39 is 0 Å². The molecule has 0 radical (unpaired) electrons. The minimum absolute atomic E-state index is 0.391. The van der Waals surface area contributed by atoms with E-state index in [4.69, 9.17) is 4.74 Å². The van der Waals surface area contributed by atoms with Crippen LogP contribution in [0.1, 0.15) is 38.3 Å². The van der Waals surface area contributed by atoms with Crippen LogP contribution in [-0.4, -0.2) is 62.7 Å². The molecule has 0 amide bonds. The zero-order valence-electron chi connectivity index (χ0n) is 15.1. The highest BCUT2D eigenvalue weighted by Gasteiger charge is 2.24. The summed E-state index contributed by atoms with van der Waals surface area (Å²) in [6, 6.07) is 8.94. The molecule has 1 aromatic rings. The topological polar surface area (TPSA) is 27.7 Å². The Balaban J connectivity index is 2.17. The van der Waals surface area contributed by atoms with E-state index in [0.717, 1.165) is 51.6 Å². The van der Waals surface area contributed by atoms with Gasteiger partial charge >= 0.3 is 0 Å². The van der Waals surface area contributed by atoms with Crippen molar-refractivity contribution in [2.45, 2.75) is 32.7 Å². The van der Waals surface area contributed by atoms with Gasteiger partial charge in [0.2, 0.25) is 0 Å². The lowest BCUT2D eigenvalue weighted by molar-refractivity contribution is 0.146. The van der Waals surface area contributed by atoms with Gasteiger partial charge in [0.25, 0.3) is 0 Å². The Morgan fingerprint density at radius 1 is 1.22 bits per heavy atom. The molecule has 1 aromatic carbocycles. The molecule has 1 N–H and O–H groups in total. The molecule has 23 heavy (non-hydrogen) atoms. The number of hydrogen-bond donors (Lipinski definition) is 1. The van der Waals surface area contributed by atoms with Gasteiger partial charge in [-0.1, -0.05) is 31.5 Å². The maximum atomic E-state index is 5.90. The standard InChI is InChI=1S/C19H33N3O/c1-4-6-13-21(3)18(16-22-14-11-20-12-15-22)17-9-7-8-10-19(17)23-5-2/h7-10,18,20H,4-6,11-16H2,1-3H3. The van der Waals surface area contributed by atoms with Gasteiger partial charge in [-0.05, 0) is 33.0 Å². The first-order valence-electron chi connectivity index (χ1n) is 9.11. The van der Waals surface area contributed by atoms with Gasteiger partial charge in [0, 0.05) is 38.3 Å². The number of ether oxygens (including phenoxy) is 1. The fourth-order valence-electron chi connectivity index (χ4n) is 3.22. The maximum Gasteiger partial charge on any atom is 0.124 e. The van der Waals surface area contributed by atoms with E-state index in [1.165, 1.54) is 18.4 Å². The van der Waals surface area contributed by atoms with Crippen LogP contribution in [0, 0.1) is 0 Å². The van der Waals surface area contributed by atoms with Crippen LogP contribution in [0.3, 0.4) is 0 Å². The van der Waals surface area contributed by atoms with Gasteiger partial charge in [-0.25, -0.2) is 0 Å². The van der Waals surface area contributed by atoms with Crippen molar-refractivity contribution in [3.63, 3.8) is 0 Å². The zero-order chi connectivity index (χ0) is 16.5. The molecule has 1 saturated heterocycles. The van der Waals surface area contributed by atoms with E-state index in [1.54, 1.807) is 0 Å². The number of likely N-dealkylation sites (N-methyl/N-ethyl adjacent to an activating group) is 1. The number of piperazine rings is 1. The predicted octanol–water partition coefficient (Wildman–Crippen LogP) is 2.76. The van der Waals surface area contributed by atoms with Crippen LogP contribution in [-0.2, 0) is 0 Å². The molecule has 1 unspecified atom stereocenters. The average molecular weight is 319 g/mol. The van der Waals surface area contributed by atoms with Crippen molar-refractivity contribution in [1.82, 2.24) is 15.1 Å². The van der Waals surface area contributed by atoms with Crippen LogP contribution in [0.2, 0.25) is 0 Å². The summed E-state index contributed by atoms with van der Waals surface area (Å²) in [7, 11) is 2.26. The molecule has 0 aromatic heterocycles. The smallest absolute Gasteiger partial charge is 0.124 e. The molecular formula is C19H33N3O. The summed E-state index contributed by atoms with van der Waals surface area (Å²) in [6.45, 7) is 11.7. The lowest BCUT2D eigenvalue weighted by atomic mass is 10.0. The normalized spacial score (nSPS) is 17.4. The second-order valence-electron chi connectivity index (χ2n) is 6.37. The Morgan fingerprint density at radius 3 is 2.65 bits per heavy atom. The summed E-state index contributed by atoms with van der Waals surface area (Å²) >= 11 is 0. The van der Waals surface area contributed by atoms with E-state index in [-0.39, 0.29) is 0 Å². The van der Waals surface area contributed by atoms with Crippen molar-refractivity contribution in [2.24, 2.45) is 0 Å². The predicted molar refractivity (Wildman–Crippen MR) is 97.2 cm³/mol. The van der Waals surface area contributed by atoms with Crippen LogP contribution in [0.4, 0.5) is 0 Å². The molecule has 0 bridgehead atoms. The third-order valence-corrected chi connectivity index (χ3v) is 4.62. The van der Waals surface area contributed by atoms with Gasteiger partial charge in [0.05, 0.1) is 12.6 Å². The van der Waals surface area contributed by atoms with Crippen molar-refractivity contribution in [3.8, 4) is 5.75 Å². The van der Waals surface area contributed by atoms with Crippen molar-refractivity contribution in [1.29, 1.82) is 0 Å². The molecule has 1 aliphatic heterocycles. The number of hydrogen-bond acceptors (Lipinski definition) is 4. The van der Waals surface area contributed by atoms with Crippen molar-refractivity contribution in [2.75, 3.05) is 52.9 Å². The minimum Gasteiger partial charge on any atom is -0.494 e. The first-order valence-corrected chi connectivity index (χ1v) is 9.11. The molecule has 1 fully saturated rings. The molecule has 1 aliphatic rings. The fourth-order valence-corrected chi connectivity index (χ4v) is 3.22. The van der Waals surface area contributed by atoms with E-state index >= 15 is 0 Å². The Kier molecular flexibility index (Phi) is 7.86. The molecule has 130 valence electrons. The lowest BCUT2D eigenvalue weighted by Gasteiger charge is -2.36. The monoisotopic (exact) mass is 319 g/mol. The summed E-state index contributed by atoms with van der Waals surface area (Å²) in [6.07, 6.45) is 2.48. The fraction of sp³-hybridized carbons (Fsp3) is 0.684. The van der Waals surface area contributed by atoms with E-state index in [9.17, 15) is 0 Å². The molecule has 0 aliphatic carbocycles. The minimum atomic E-state index is 0.391. The number of benzene rings is 1. The second-order valence-corrected chi connectivity index (χ2v) is 6.37. The first-order chi connectivity index (χ1) is 11.3. The Labute approximate surface area is 141 Å². The summed E-state index contributed by atoms with van der Waals surface area (Å²) in [5, 5.41) is 3.44. The average Bonchev–Trinajstić information content (AvgIpc) is 2.59.